The molecular formula is C40H41ClN4O6. The maximum Gasteiger partial charge on any atom is 0.320 e. The predicted octanol–water partition coefficient (Wildman–Crippen LogP) is 6.96. The lowest BCUT2D eigenvalue weighted by Crippen LogP contribution is -2.44. The van der Waals surface area contributed by atoms with Crippen molar-refractivity contribution < 1.29 is 28.9 Å². The van der Waals surface area contributed by atoms with Gasteiger partial charge < -0.3 is 24.2 Å². The largest absolute Gasteiger partial charge is 0.488 e. The zero-order chi connectivity index (χ0) is 35.9. The number of benzene rings is 3. The van der Waals surface area contributed by atoms with Crippen LogP contribution < -0.4 is 9.47 Å². The summed E-state index contributed by atoms with van der Waals surface area (Å²) in [6.07, 6.45) is 5.49. The van der Waals surface area contributed by atoms with E-state index in [4.69, 9.17) is 25.8 Å². The highest BCUT2D eigenvalue weighted by atomic mass is 35.5. The second kappa shape index (κ2) is 16.4. The van der Waals surface area contributed by atoms with E-state index in [9.17, 15) is 20.0 Å². The van der Waals surface area contributed by atoms with Crippen LogP contribution in [0, 0.1) is 25.2 Å². The van der Waals surface area contributed by atoms with Gasteiger partial charge in [-0.25, -0.2) is 0 Å². The Hall–Kier alpha value is -4.95. The van der Waals surface area contributed by atoms with Gasteiger partial charge in [-0.15, -0.1) is 0 Å². The minimum atomic E-state index is -0.842. The van der Waals surface area contributed by atoms with Crippen molar-refractivity contribution in [3.05, 3.63) is 111 Å². The lowest BCUT2D eigenvalue weighted by Gasteiger charge is -2.33. The van der Waals surface area contributed by atoms with Gasteiger partial charge in [0.2, 0.25) is 0 Å². The Morgan fingerprint density at radius 1 is 0.941 bits per heavy atom. The molecule has 0 radical (unpaired) electrons. The van der Waals surface area contributed by atoms with E-state index in [2.05, 4.69) is 17.1 Å². The first kappa shape index (κ1) is 35.9. The third kappa shape index (κ3) is 8.34. The van der Waals surface area contributed by atoms with Gasteiger partial charge >= 0.3 is 5.97 Å². The normalized spacial score (nSPS) is 16.4. The number of hydrogen-bond donors (Lipinski definition) is 1. The molecule has 0 unspecified atom stereocenters. The van der Waals surface area contributed by atoms with Crippen LogP contribution in [0.25, 0.3) is 11.1 Å². The summed E-state index contributed by atoms with van der Waals surface area (Å²) in [6.45, 7) is 7.66. The molecule has 264 valence electrons. The minimum Gasteiger partial charge on any atom is -0.488 e. The minimum absolute atomic E-state index is 0.0127. The van der Waals surface area contributed by atoms with Gasteiger partial charge in [-0.3, -0.25) is 19.5 Å². The number of piperidine rings is 1. The summed E-state index contributed by atoms with van der Waals surface area (Å²) in [4.78, 5) is 33.4. The van der Waals surface area contributed by atoms with Gasteiger partial charge in [-0.2, -0.15) is 5.26 Å². The predicted molar refractivity (Wildman–Crippen MR) is 193 cm³/mol. The van der Waals surface area contributed by atoms with E-state index in [-0.39, 0.29) is 19.1 Å². The van der Waals surface area contributed by atoms with Crippen LogP contribution >= 0.6 is 11.6 Å². The number of pyridine rings is 1. The molecule has 4 aromatic rings. The highest BCUT2D eigenvalue weighted by Gasteiger charge is 2.29. The molecule has 2 saturated heterocycles. The molecule has 3 heterocycles. The van der Waals surface area contributed by atoms with Crippen LogP contribution in [0.1, 0.15) is 63.0 Å². The molecule has 0 aliphatic carbocycles. The maximum atomic E-state index is 13.4. The highest BCUT2D eigenvalue weighted by Crippen LogP contribution is 2.37. The van der Waals surface area contributed by atoms with Crippen molar-refractivity contribution in [3.8, 4) is 28.7 Å². The van der Waals surface area contributed by atoms with E-state index in [1.165, 1.54) is 6.20 Å². The molecule has 2 fully saturated rings. The number of carbonyl (C=O) groups excluding carboxylic acids is 1. The second-order valence-electron chi connectivity index (χ2n) is 13.0. The molecule has 1 aromatic heterocycles. The molecular weight excluding hydrogens is 668 g/mol. The van der Waals surface area contributed by atoms with Crippen LogP contribution in [0.4, 0.5) is 0 Å². The van der Waals surface area contributed by atoms with Gasteiger partial charge in [0.1, 0.15) is 36.8 Å². The van der Waals surface area contributed by atoms with E-state index in [1.807, 2.05) is 54.0 Å². The number of morpholine rings is 1. The van der Waals surface area contributed by atoms with Crippen LogP contribution in [0.5, 0.6) is 11.5 Å². The zero-order valence-electron chi connectivity index (χ0n) is 28.9. The number of nitriles is 1. The number of carboxylic acids is 1. The van der Waals surface area contributed by atoms with Crippen molar-refractivity contribution in [2.24, 2.45) is 0 Å². The van der Waals surface area contributed by atoms with Crippen molar-refractivity contribution in [3.63, 3.8) is 0 Å². The lowest BCUT2D eigenvalue weighted by atomic mass is 9.91. The van der Waals surface area contributed by atoms with E-state index >= 15 is 0 Å². The third-order valence-corrected chi connectivity index (χ3v) is 9.98. The first-order valence-corrected chi connectivity index (χ1v) is 17.6. The summed E-state index contributed by atoms with van der Waals surface area (Å²) in [5.74, 6) is 0.102. The molecule has 0 bridgehead atoms. The molecule has 3 aromatic carbocycles. The average molecular weight is 709 g/mol. The smallest absolute Gasteiger partial charge is 0.320 e. The van der Waals surface area contributed by atoms with Crippen LogP contribution in [0.3, 0.4) is 0 Å². The van der Waals surface area contributed by atoms with E-state index < -0.39 is 12.0 Å². The van der Waals surface area contributed by atoms with Crippen molar-refractivity contribution in [2.45, 2.75) is 58.9 Å². The van der Waals surface area contributed by atoms with Crippen molar-refractivity contribution in [1.82, 2.24) is 14.8 Å². The quantitative estimate of drug-likeness (QED) is 0.176. The molecule has 0 spiro atoms. The number of hydrogen-bond acceptors (Lipinski definition) is 8. The summed E-state index contributed by atoms with van der Waals surface area (Å²) >= 11 is 6.83. The average Bonchev–Trinajstić information content (AvgIpc) is 3.15. The van der Waals surface area contributed by atoms with Gasteiger partial charge in [-0.05, 0) is 79.3 Å². The number of halogens is 1. The van der Waals surface area contributed by atoms with Crippen molar-refractivity contribution >= 4 is 23.5 Å². The van der Waals surface area contributed by atoms with Crippen LogP contribution in [0.15, 0.2) is 67.0 Å². The summed E-state index contributed by atoms with van der Waals surface area (Å²) < 4.78 is 18.1. The number of aliphatic carboxylic acids is 1. The Morgan fingerprint density at radius 3 is 2.45 bits per heavy atom. The fraction of sp³-hybridized carbons (Fsp3) is 0.350. The molecule has 1 atom stereocenters. The van der Waals surface area contributed by atoms with Gasteiger partial charge in [0, 0.05) is 54.8 Å². The van der Waals surface area contributed by atoms with E-state index in [1.54, 1.807) is 24.4 Å². The molecule has 0 saturated carbocycles. The number of rotatable bonds is 11. The zero-order valence-corrected chi connectivity index (χ0v) is 29.6. The molecule has 51 heavy (non-hydrogen) atoms. The Labute approximate surface area is 303 Å². The number of nitrogens with zero attached hydrogens (tertiary/aromatic N) is 4. The summed E-state index contributed by atoms with van der Waals surface area (Å²) in [5, 5.41) is 19.6. The summed E-state index contributed by atoms with van der Waals surface area (Å²) in [6, 6.07) is 18.7. The first-order valence-electron chi connectivity index (χ1n) is 17.2. The van der Waals surface area contributed by atoms with Gasteiger partial charge in [0.25, 0.3) is 5.91 Å². The Kier molecular flexibility index (Phi) is 11.5. The number of carboxylic acid groups (broad SMARTS) is 1. The van der Waals surface area contributed by atoms with Crippen molar-refractivity contribution in [2.75, 3.05) is 32.8 Å². The topological polar surface area (TPSA) is 125 Å². The number of aromatic nitrogens is 1. The fourth-order valence-corrected chi connectivity index (χ4v) is 7.04. The van der Waals surface area contributed by atoms with Gasteiger partial charge in [-0.1, -0.05) is 48.4 Å². The van der Waals surface area contributed by atoms with Gasteiger partial charge in [0.05, 0.1) is 23.8 Å². The van der Waals surface area contributed by atoms with Crippen LogP contribution in [-0.4, -0.2) is 70.7 Å². The molecule has 1 N–H and O–H groups in total. The molecule has 6 rings (SSSR count). The summed E-state index contributed by atoms with van der Waals surface area (Å²) in [7, 11) is 0. The third-order valence-electron chi connectivity index (χ3n) is 9.69. The van der Waals surface area contributed by atoms with Crippen molar-refractivity contribution in [1.29, 1.82) is 5.26 Å². The van der Waals surface area contributed by atoms with E-state index in [0.29, 0.717) is 73.5 Å². The number of ether oxygens (including phenoxy) is 3. The SMILES string of the molecule is Cc1c(COc2cc(OCc3cncc(C#N)c3)c(CN3CCCC[C@H]3C(=O)O)cc2Cl)cccc1-c1cccc(C(=O)N2CCOCC2)c1C. The molecule has 11 heteroatoms. The lowest BCUT2D eigenvalue weighted by molar-refractivity contribution is -0.144. The monoisotopic (exact) mass is 708 g/mol. The molecule has 1 amide bonds. The standard InChI is InChI=1S/C40H41ClN4O6/c1-26-30(7-5-8-32(26)33-9-6-10-34(27(33)2)39(46)44-13-15-49-16-14-44)25-51-38-19-37(50-24-29-17-28(20-42)21-43-22-29)31(18-35(38)41)23-45-12-4-3-11-36(45)40(47)48/h5-10,17-19,21-22,36H,3-4,11-16,23-25H2,1-2H3,(H,47,48)/t36-/m0/s1. The second-order valence-corrected chi connectivity index (χ2v) is 13.4. The maximum absolute atomic E-state index is 13.4. The van der Waals surface area contributed by atoms with Gasteiger partial charge in [0.15, 0.2) is 0 Å². The first-order chi connectivity index (χ1) is 24.7. The number of amides is 1. The molecule has 2 aliphatic rings. The number of likely N-dealkylation sites (tertiary alicyclic amines) is 1. The van der Waals surface area contributed by atoms with E-state index in [0.717, 1.165) is 51.8 Å². The Bertz CT molecular complexity index is 1950. The fourth-order valence-electron chi connectivity index (χ4n) is 6.79. The summed E-state index contributed by atoms with van der Waals surface area (Å²) in [5.41, 5.74) is 7.47. The Balaban J connectivity index is 1.25. The van der Waals surface area contributed by atoms with Crippen LogP contribution in [0.2, 0.25) is 5.02 Å². The molecule has 10 nitrogen and oxygen atoms in total. The number of carbonyl (C=O) groups is 2. The van der Waals surface area contributed by atoms with Crippen LogP contribution in [-0.2, 0) is 29.3 Å². The Morgan fingerprint density at radius 2 is 1.69 bits per heavy atom. The highest BCUT2D eigenvalue weighted by molar-refractivity contribution is 6.32. The molecule has 2 aliphatic heterocycles.